The van der Waals surface area contributed by atoms with Gasteiger partial charge in [-0.3, -0.25) is 0 Å². The minimum absolute atomic E-state index is 0.710. The predicted octanol–water partition coefficient (Wildman–Crippen LogP) is 7.83. The number of aromatic nitrogens is 1. The summed E-state index contributed by atoms with van der Waals surface area (Å²) < 4.78 is 2.25. The summed E-state index contributed by atoms with van der Waals surface area (Å²) >= 11 is 12.6. The molecule has 28 heavy (non-hydrogen) atoms. The molecule has 4 heteroatoms. The van der Waals surface area contributed by atoms with E-state index in [1.807, 2.05) is 48.5 Å². The molecule has 0 aliphatic carbocycles. The van der Waals surface area contributed by atoms with E-state index in [-0.39, 0.29) is 0 Å². The number of anilines is 2. The van der Waals surface area contributed by atoms with Crippen LogP contribution < -0.4 is 5.32 Å². The zero-order valence-electron chi connectivity index (χ0n) is 14.9. The van der Waals surface area contributed by atoms with Crippen molar-refractivity contribution in [1.29, 1.82) is 0 Å². The molecule has 0 saturated heterocycles. The molecule has 5 rings (SSSR count). The predicted molar refractivity (Wildman–Crippen MR) is 121 cm³/mol. The van der Waals surface area contributed by atoms with Crippen molar-refractivity contribution in [3.8, 4) is 5.69 Å². The fourth-order valence-electron chi connectivity index (χ4n) is 3.68. The van der Waals surface area contributed by atoms with Crippen molar-refractivity contribution in [2.45, 2.75) is 0 Å². The molecule has 1 aromatic heterocycles. The van der Waals surface area contributed by atoms with Crippen molar-refractivity contribution in [2.75, 3.05) is 5.32 Å². The molecular weight excluding hydrogens is 387 g/mol. The number of hydrogen-bond donors (Lipinski definition) is 1. The normalized spacial score (nSPS) is 11.2. The van der Waals surface area contributed by atoms with Crippen LogP contribution in [0.5, 0.6) is 0 Å². The van der Waals surface area contributed by atoms with Crippen LogP contribution in [0.2, 0.25) is 10.0 Å². The highest BCUT2D eigenvalue weighted by molar-refractivity contribution is 6.33. The zero-order valence-corrected chi connectivity index (χ0v) is 16.4. The van der Waals surface area contributed by atoms with Crippen LogP contribution in [-0.2, 0) is 0 Å². The van der Waals surface area contributed by atoms with E-state index in [2.05, 4.69) is 52.3 Å². The molecule has 0 saturated carbocycles. The maximum absolute atomic E-state index is 6.30. The van der Waals surface area contributed by atoms with Crippen LogP contribution >= 0.6 is 23.2 Å². The first-order valence-electron chi connectivity index (χ1n) is 9.01. The van der Waals surface area contributed by atoms with Crippen molar-refractivity contribution < 1.29 is 0 Å². The van der Waals surface area contributed by atoms with Gasteiger partial charge in [0.1, 0.15) is 0 Å². The summed E-state index contributed by atoms with van der Waals surface area (Å²) in [5.41, 5.74) is 5.31. The Balaban J connectivity index is 1.80. The Kier molecular flexibility index (Phi) is 4.23. The minimum Gasteiger partial charge on any atom is -0.354 e. The number of rotatable bonds is 3. The van der Waals surface area contributed by atoms with E-state index in [0.717, 1.165) is 38.9 Å². The molecule has 4 aromatic carbocycles. The Morgan fingerprint density at radius 3 is 1.82 bits per heavy atom. The zero-order chi connectivity index (χ0) is 19.1. The lowest BCUT2D eigenvalue weighted by Crippen LogP contribution is -2.00. The molecule has 2 nitrogen and oxygen atoms in total. The molecular formula is C24H16Cl2N2. The van der Waals surface area contributed by atoms with Crippen molar-refractivity contribution >= 4 is 56.4 Å². The summed E-state index contributed by atoms with van der Waals surface area (Å²) in [5, 5.41) is 7.13. The van der Waals surface area contributed by atoms with Crippen molar-refractivity contribution in [3.05, 3.63) is 101 Å². The first kappa shape index (κ1) is 17.2. The summed E-state index contributed by atoms with van der Waals surface area (Å²) in [4.78, 5) is 0. The first-order chi connectivity index (χ1) is 13.7. The number of halogens is 2. The van der Waals surface area contributed by atoms with E-state index < -0.39 is 0 Å². The minimum atomic E-state index is 0.710. The van der Waals surface area contributed by atoms with Gasteiger partial charge in [-0.15, -0.1) is 0 Å². The lowest BCUT2D eigenvalue weighted by Gasteiger charge is -2.15. The quantitative estimate of drug-likeness (QED) is 0.325. The van der Waals surface area contributed by atoms with Gasteiger partial charge in [0.05, 0.1) is 22.4 Å². The number of benzene rings is 4. The second-order valence-electron chi connectivity index (χ2n) is 6.67. The molecule has 0 amide bonds. The second kappa shape index (κ2) is 6.90. The fourth-order valence-corrected chi connectivity index (χ4v) is 4.02. The number of para-hydroxylation sites is 3. The van der Waals surface area contributed by atoms with Gasteiger partial charge >= 0.3 is 0 Å². The Morgan fingerprint density at radius 1 is 0.607 bits per heavy atom. The molecule has 0 aliphatic rings. The molecule has 5 aromatic rings. The van der Waals surface area contributed by atoms with Crippen LogP contribution in [0.3, 0.4) is 0 Å². The van der Waals surface area contributed by atoms with E-state index in [4.69, 9.17) is 23.2 Å². The molecule has 0 bridgehead atoms. The van der Waals surface area contributed by atoms with Crippen LogP contribution in [-0.4, -0.2) is 4.57 Å². The molecule has 0 unspecified atom stereocenters. The Hall–Kier alpha value is -2.94. The first-order valence-corrected chi connectivity index (χ1v) is 9.77. The van der Waals surface area contributed by atoms with Crippen molar-refractivity contribution in [3.63, 3.8) is 0 Å². The van der Waals surface area contributed by atoms with Crippen LogP contribution in [0.1, 0.15) is 0 Å². The average Bonchev–Trinajstić information content (AvgIpc) is 3.02. The molecule has 0 atom stereocenters. The summed E-state index contributed by atoms with van der Waals surface area (Å²) in [7, 11) is 0. The van der Waals surface area contributed by atoms with E-state index >= 15 is 0 Å². The molecule has 0 fully saturated rings. The third-order valence-corrected chi connectivity index (χ3v) is 5.36. The van der Waals surface area contributed by atoms with Gasteiger partial charge in [0.15, 0.2) is 0 Å². The summed E-state index contributed by atoms with van der Waals surface area (Å²) in [5.74, 6) is 0. The highest BCUT2D eigenvalue weighted by Crippen LogP contribution is 2.37. The lowest BCUT2D eigenvalue weighted by molar-refractivity contribution is 1.18. The molecule has 0 aliphatic heterocycles. The number of nitrogens with zero attached hydrogens (tertiary/aromatic N) is 1. The van der Waals surface area contributed by atoms with Crippen LogP contribution in [0.4, 0.5) is 11.4 Å². The summed E-state index contributed by atoms with van der Waals surface area (Å²) in [6, 6.07) is 30.4. The maximum atomic E-state index is 6.30. The van der Waals surface area contributed by atoms with Gasteiger partial charge in [0.2, 0.25) is 0 Å². The second-order valence-corrected chi connectivity index (χ2v) is 7.54. The molecule has 0 radical (unpaired) electrons. The summed E-state index contributed by atoms with van der Waals surface area (Å²) in [6.07, 6.45) is 0. The van der Waals surface area contributed by atoms with Gasteiger partial charge in [-0.05, 0) is 60.7 Å². The number of nitrogens with one attached hydrogen (secondary N) is 1. The van der Waals surface area contributed by atoms with E-state index in [0.29, 0.717) is 10.0 Å². The Morgan fingerprint density at radius 2 is 1.18 bits per heavy atom. The van der Waals surface area contributed by atoms with Gasteiger partial charge in [0, 0.05) is 26.5 Å². The molecule has 136 valence electrons. The standard InChI is InChI=1S/C24H16Cl2N2/c25-16-10-12-22-19(14-16)20-15-17(26)11-13-23(20)28(22)24-9-5-4-8-21(24)27-18-6-2-1-3-7-18/h1-15,27H. The maximum Gasteiger partial charge on any atom is 0.0697 e. The van der Waals surface area contributed by atoms with Gasteiger partial charge < -0.3 is 9.88 Å². The monoisotopic (exact) mass is 402 g/mol. The number of hydrogen-bond acceptors (Lipinski definition) is 1. The van der Waals surface area contributed by atoms with Crippen LogP contribution in [0, 0.1) is 0 Å². The fraction of sp³-hybridized carbons (Fsp3) is 0. The highest BCUT2D eigenvalue weighted by Gasteiger charge is 2.15. The highest BCUT2D eigenvalue weighted by atomic mass is 35.5. The van der Waals surface area contributed by atoms with Gasteiger partial charge in [-0.25, -0.2) is 0 Å². The van der Waals surface area contributed by atoms with Crippen LogP contribution in [0.25, 0.3) is 27.5 Å². The SMILES string of the molecule is Clc1ccc2c(c1)c1cc(Cl)ccc1n2-c1ccccc1Nc1ccccc1. The average molecular weight is 403 g/mol. The molecule has 1 heterocycles. The van der Waals surface area contributed by atoms with Gasteiger partial charge in [0.25, 0.3) is 0 Å². The lowest BCUT2D eigenvalue weighted by atomic mass is 10.1. The van der Waals surface area contributed by atoms with Crippen molar-refractivity contribution in [1.82, 2.24) is 4.57 Å². The van der Waals surface area contributed by atoms with Gasteiger partial charge in [-0.2, -0.15) is 0 Å². The third kappa shape index (κ3) is 2.91. The van der Waals surface area contributed by atoms with Crippen molar-refractivity contribution in [2.24, 2.45) is 0 Å². The van der Waals surface area contributed by atoms with E-state index in [1.54, 1.807) is 0 Å². The topological polar surface area (TPSA) is 17.0 Å². The molecule has 0 spiro atoms. The third-order valence-electron chi connectivity index (χ3n) is 4.89. The van der Waals surface area contributed by atoms with E-state index in [1.165, 1.54) is 0 Å². The largest absolute Gasteiger partial charge is 0.354 e. The van der Waals surface area contributed by atoms with Crippen LogP contribution in [0.15, 0.2) is 91.0 Å². The number of fused-ring (bicyclic) bond motifs is 3. The Labute approximate surface area is 172 Å². The van der Waals surface area contributed by atoms with E-state index in [9.17, 15) is 0 Å². The van der Waals surface area contributed by atoms with Gasteiger partial charge in [-0.1, -0.05) is 53.5 Å². The smallest absolute Gasteiger partial charge is 0.0697 e. The Bertz CT molecular complexity index is 1250. The molecule has 1 N–H and O–H groups in total. The summed E-state index contributed by atoms with van der Waals surface area (Å²) in [6.45, 7) is 0.